The van der Waals surface area contributed by atoms with Gasteiger partial charge in [-0.25, -0.2) is 0 Å². The molecule has 3 aromatic carbocycles. The van der Waals surface area contributed by atoms with Crippen LogP contribution in [0, 0.1) is 13.8 Å². The SMILES string of the molecule is Cc1cccc(C(=O)NCC(=O)OCC(=O)N(Cc2ccccc2)c2cccc(C)c2)c1. The van der Waals surface area contributed by atoms with E-state index in [4.69, 9.17) is 4.74 Å². The molecule has 1 N–H and O–H groups in total. The predicted octanol–water partition coefficient (Wildman–Crippen LogP) is 3.81. The first kappa shape index (κ1) is 22.7. The van der Waals surface area contributed by atoms with E-state index in [9.17, 15) is 14.4 Å². The third-order valence-electron chi connectivity index (χ3n) is 4.83. The van der Waals surface area contributed by atoms with Gasteiger partial charge in [0.15, 0.2) is 6.61 Å². The van der Waals surface area contributed by atoms with E-state index in [-0.39, 0.29) is 18.4 Å². The average Bonchev–Trinajstić information content (AvgIpc) is 2.80. The van der Waals surface area contributed by atoms with Gasteiger partial charge in [-0.1, -0.05) is 60.2 Å². The van der Waals surface area contributed by atoms with Gasteiger partial charge in [-0.05, 0) is 49.2 Å². The normalized spacial score (nSPS) is 10.3. The lowest BCUT2D eigenvalue weighted by atomic mass is 10.1. The van der Waals surface area contributed by atoms with Crippen LogP contribution >= 0.6 is 0 Å². The summed E-state index contributed by atoms with van der Waals surface area (Å²) in [6.07, 6.45) is 0. The van der Waals surface area contributed by atoms with Crippen LogP contribution in [0.4, 0.5) is 5.69 Å². The second-order valence-electron chi connectivity index (χ2n) is 7.52. The fourth-order valence-corrected chi connectivity index (χ4v) is 3.20. The van der Waals surface area contributed by atoms with Gasteiger partial charge in [0.2, 0.25) is 0 Å². The van der Waals surface area contributed by atoms with Crippen LogP contribution < -0.4 is 10.2 Å². The number of nitrogens with one attached hydrogen (secondary N) is 1. The van der Waals surface area contributed by atoms with Crippen molar-refractivity contribution in [2.45, 2.75) is 20.4 Å². The summed E-state index contributed by atoms with van der Waals surface area (Å²) in [6.45, 7) is 3.45. The molecule has 164 valence electrons. The van der Waals surface area contributed by atoms with Gasteiger partial charge in [0.05, 0.1) is 6.54 Å². The molecule has 0 atom stereocenters. The smallest absolute Gasteiger partial charge is 0.325 e. The summed E-state index contributed by atoms with van der Waals surface area (Å²) >= 11 is 0. The van der Waals surface area contributed by atoms with Crippen molar-refractivity contribution in [2.24, 2.45) is 0 Å². The Labute approximate surface area is 187 Å². The molecule has 0 heterocycles. The summed E-state index contributed by atoms with van der Waals surface area (Å²) in [6, 6.07) is 24.2. The standard InChI is InChI=1S/C26H26N2O4/c1-19-8-6-12-22(14-19)26(31)27-16-25(30)32-18-24(29)28(17-21-10-4-3-5-11-21)23-13-7-9-20(2)15-23/h3-15H,16-18H2,1-2H3,(H,27,31). The van der Waals surface area contributed by atoms with Gasteiger partial charge in [0.25, 0.3) is 11.8 Å². The number of aryl methyl sites for hydroxylation is 2. The molecule has 0 aliphatic carbocycles. The first-order chi connectivity index (χ1) is 15.4. The van der Waals surface area contributed by atoms with Crippen LogP contribution in [0.1, 0.15) is 27.0 Å². The molecule has 0 aliphatic rings. The second-order valence-corrected chi connectivity index (χ2v) is 7.52. The summed E-state index contributed by atoms with van der Waals surface area (Å²) in [4.78, 5) is 38.8. The minimum Gasteiger partial charge on any atom is -0.454 e. The molecule has 0 saturated carbocycles. The number of hydrogen-bond acceptors (Lipinski definition) is 4. The Morgan fingerprint density at radius 2 is 1.53 bits per heavy atom. The highest BCUT2D eigenvalue weighted by Gasteiger charge is 2.19. The summed E-state index contributed by atoms with van der Waals surface area (Å²) in [7, 11) is 0. The molecule has 6 heteroatoms. The van der Waals surface area contributed by atoms with E-state index >= 15 is 0 Å². The number of hydrogen-bond donors (Lipinski definition) is 1. The second kappa shape index (κ2) is 10.9. The van der Waals surface area contributed by atoms with Crippen molar-refractivity contribution in [2.75, 3.05) is 18.1 Å². The van der Waals surface area contributed by atoms with Gasteiger partial charge in [0, 0.05) is 11.3 Å². The number of amides is 2. The monoisotopic (exact) mass is 430 g/mol. The Hall–Kier alpha value is -3.93. The lowest BCUT2D eigenvalue weighted by molar-refractivity contribution is -0.146. The Morgan fingerprint density at radius 1 is 0.844 bits per heavy atom. The van der Waals surface area contributed by atoms with E-state index in [2.05, 4.69) is 5.32 Å². The van der Waals surface area contributed by atoms with Crippen molar-refractivity contribution in [3.8, 4) is 0 Å². The minimum atomic E-state index is -0.678. The van der Waals surface area contributed by atoms with Crippen molar-refractivity contribution < 1.29 is 19.1 Å². The number of carbonyl (C=O) groups excluding carboxylic acids is 3. The molecular weight excluding hydrogens is 404 g/mol. The fraction of sp³-hybridized carbons (Fsp3) is 0.192. The Morgan fingerprint density at radius 3 is 2.22 bits per heavy atom. The van der Waals surface area contributed by atoms with Gasteiger partial charge < -0.3 is 15.0 Å². The fourth-order valence-electron chi connectivity index (χ4n) is 3.20. The third-order valence-corrected chi connectivity index (χ3v) is 4.83. The van der Waals surface area contributed by atoms with Gasteiger partial charge >= 0.3 is 5.97 Å². The molecule has 0 unspecified atom stereocenters. The zero-order valence-corrected chi connectivity index (χ0v) is 18.2. The van der Waals surface area contributed by atoms with Gasteiger partial charge in [-0.2, -0.15) is 0 Å². The average molecular weight is 431 g/mol. The lowest BCUT2D eigenvalue weighted by Crippen LogP contribution is -2.36. The summed E-state index contributed by atoms with van der Waals surface area (Å²) in [5, 5.41) is 2.52. The molecule has 0 aliphatic heterocycles. The number of carbonyl (C=O) groups is 3. The summed E-state index contributed by atoms with van der Waals surface area (Å²) in [5.41, 5.74) is 4.11. The van der Waals surface area contributed by atoms with E-state index in [0.29, 0.717) is 12.1 Å². The molecule has 6 nitrogen and oxygen atoms in total. The van der Waals surface area contributed by atoms with Crippen LogP contribution in [-0.4, -0.2) is 30.9 Å². The van der Waals surface area contributed by atoms with Crippen LogP contribution in [0.15, 0.2) is 78.9 Å². The van der Waals surface area contributed by atoms with Crippen molar-refractivity contribution in [3.63, 3.8) is 0 Å². The molecule has 0 saturated heterocycles. The van der Waals surface area contributed by atoms with E-state index in [1.807, 2.05) is 74.5 Å². The molecule has 3 rings (SSSR count). The molecule has 0 bridgehead atoms. The first-order valence-electron chi connectivity index (χ1n) is 10.3. The Balaban J connectivity index is 1.59. The van der Waals surface area contributed by atoms with E-state index in [1.54, 1.807) is 23.1 Å². The molecule has 0 aromatic heterocycles. The van der Waals surface area contributed by atoms with Crippen LogP contribution in [0.25, 0.3) is 0 Å². The molecule has 0 radical (unpaired) electrons. The van der Waals surface area contributed by atoms with E-state index in [0.717, 1.165) is 22.4 Å². The third kappa shape index (κ3) is 6.54. The summed E-state index contributed by atoms with van der Waals surface area (Å²) < 4.78 is 5.14. The maximum absolute atomic E-state index is 12.9. The quantitative estimate of drug-likeness (QED) is 0.552. The van der Waals surface area contributed by atoms with Crippen molar-refractivity contribution in [3.05, 3.63) is 101 Å². The predicted molar refractivity (Wildman–Crippen MR) is 123 cm³/mol. The maximum Gasteiger partial charge on any atom is 0.325 e. The highest BCUT2D eigenvalue weighted by Crippen LogP contribution is 2.19. The van der Waals surface area contributed by atoms with Crippen LogP contribution in [0.5, 0.6) is 0 Å². The maximum atomic E-state index is 12.9. The zero-order valence-electron chi connectivity index (χ0n) is 18.2. The number of rotatable bonds is 8. The van der Waals surface area contributed by atoms with Crippen molar-refractivity contribution in [1.82, 2.24) is 5.32 Å². The van der Waals surface area contributed by atoms with Crippen LogP contribution in [-0.2, 0) is 20.9 Å². The summed E-state index contributed by atoms with van der Waals surface area (Å²) in [5.74, 6) is -1.40. The number of nitrogens with zero attached hydrogens (tertiary/aromatic N) is 1. The van der Waals surface area contributed by atoms with Gasteiger partial charge in [-0.15, -0.1) is 0 Å². The molecule has 3 aromatic rings. The van der Waals surface area contributed by atoms with Gasteiger partial charge in [-0.3, -0.25) is 14.4 Å². The number of benzene rings is 3. The molecular formula is C26H26N2O4. The number of anilines is 1. The highest BCUT2D eigenvalue weighted by molar-refractivity contribution is 5.97. The number of esters is 1. The highest BCUT2D eigenvalue weighted by atomic mass is 16.5. The molecule has 2 amide bonds. The Bertz CT molecular complexity index is 1100. The minimum absolute atomic E-state index is 0.316. The largest absolute Gasteiger partial charge is 0.454 e. The molecule has 0 fully saturated rings. The number of ether oxygens (including phenoxy) is 1. The van der Waals surface area contributed by atoms with Crippen molar-refractivity contribution >= 4 is 23.5 Å². The van der Waals surface area contributed by atoms with E-state index in [1.165, 1.54) is 0 Å². The van der Waals surface area contributed by atoms with Crippen LogP contribution in [0.2, 0.25) is 0 Å². The van der Waals surface area contributed by atoms with E-state index < -0.39 is 12.6 Å². The van der Waals surface area contributed by atoms with Crippen LogP contribution in [0.3, 0.4) is 0 Å². The van der Waals surface area contributed by atoms with Crippen molar-refractivity contribution in [1.29, 1.82) is 0 Å². The molecule has 32 heavy (non-hydrogen) atoms. The zero-order chi connectivity index (χ0) is 22.9. The lowest BCUT2D eigenvalue weighted by Gasteiger charge is -2.23. The Kier molecular flexibility index (Phi) is 7.75. The topological polar surface area (TPSA) is 75.7 Å². The first-order valence-corrected chi connectivity index (χ1v) is 10.3. The molecule has 0 spiro atoms. The van der Waals surface area contributed by atoms with Gasteiger partial charge in [0.1, 0.15) is 6.54 Å².